The lowest BCUT2D eigenvalue weighted by Crippen LogP contribution is -2.55. The van der Waals surface area contributed by atoms with Crippen molar-refractivity contribution in [2.75, 3.05) is 24.5 Å². The SMILES string of the molecule is CC1(C)C2CC[C@@H](CN3CCC(N4C(=O)C(NC(=O)O)c5ccccc54)CC3)C1C2. The number of nitrogens with one attached hydrogen (secondary N) is 1. The molecule has 5 aliphatic rings. The van der Waals surface area contributed by atoms with Crippen molar-refractivity contribution in [1.82, 2.24) is 10.2 Å². The minimum atomic E-state index is -1.16. The van der Waals surface area contributed by atoms with Crippen molar-refractivity contribution in [1.29, 1.82) is 0 Å². The third kappa shape index (κ3) is 3.11. The van der Waals surface area contributed by atoms with Gasteiger partial charge in [0.1, 0.15) is 6.04 Å². The van der Waals surface area contributed by atoms with Crippen LogP contribution in [0.2, 0.25) is 0 Å². The van der Waals surface area contributed by atoms with Gasteiger partial charge >= 0.3 is 6.09 Å². The number of para-hydroxylation sites is 1. The van der Waals surface area contributed by atoms with Crippen LogP contribution in [0.1, 0.15) is 57.6 Å². The van der Waals surface area contributed by atoms with E-state index in [4.69, 9.17) is 0 Å². The lowest BCUT2D eigenvalue weighted by atomic mass is 9.45. The van der Waals surface area contributed by atoms with Crippen molar-refractivity contribution in [3.05, 3.63) is 29.8 Å². The summed E-state index contributed by atoms with van der Waals surface area (Å²) in [5.74, 6) is 2.51. The minimum Gasteiger partial charge on any atom is -0.465 e. The van der Waals surface area contributed by atoms with Gasteiger partial charge in [-0.25, -0.2) is 4.79 Å². The molecular weight excluding hydrogens is 378 g/mol. The van der Waals surface area contributed by atoms with Crippen LogP contribution in [-0.4, -0.2) is 47.7 Å². The Balaban J connectivity index is 1.23. The third-order valence-electron chi connectivity index (χ3n) is 8.68. The monoisotopic (exact) mass is 411 g/mol. The molecule has 1 aromatic carbocycles. The molecule has 6 nitrogen and oxygen atoms in total. The molecule has 1 aromatic rings. The van der Waals surface area contributed by atoms with Crippen molar-refractivity contribution in [3.8, 4) is 0 Å². The average molecular weight is 412 g/mol. The molecule has 162 valence electrons. The van der Waals surface area contributed by atoms with Gasteiger partial charge in [-0.2, -0.15) is 0 Å². The first-order valence-corrected chi connectivity index (χ1v) is 11.5. The molecule has 3 aliphatic carbocycles. The Bertz CT molecular complexity index is 844. The molecule has 0 spiro atoms. The van der Waals surface area contributed by atoms with Gasteiger partial charge in [-0.3, -0.25) is 4.79 Å². The lowest BCUT2D eigenvalue weighted by Gasteiger charge is -2.61. The highest BCUT2D eigenvalue weighted by atomic mass is 16.4. The zero-order valence-electron chi connectivity index (χ0n) is 18.0. The Morgan fingerprint density at radius 3 is 2.57 bits per heavy atom. The van der Waals surface area contributed by atoms with E-state index in [0.29, 0.717) is 5.41 Å². The van der Waals surface area contributed by atoms with E-state index in [-0.39, 0.29) is 11.9 Å². The number of hydrogen-bond donors (Lipinski definition) is 2. The second-order valence-electron chi connectivity index (χ2n) is 10.4. The fourth-order valence-electron chi connectivity index (χ4n) is 6.85. The van der Waals surface area contributed by atoms with Crippen LogP contribution >= 0.6 is 0 Å². The number of nitrogens with zero attached hydrogens (tertiary/aromatic N) is 2. The molecule has 6 rings (SSSR count). The summed E-state index contributed by atoms with van der Waals surface area (Å²) in [6, 6.07) is 6.96. The Morgan fingerprint density at radius 1 is 1.17 bits per heavy atom. The van der Waals surface area contributed by atoms with Gasteiger partial charge in [-0.05, 0) is 61.3 Å². The zero-order chi connectivity index (χ0) is 21.0. The van der Waals surface area contributed by atoms with E-state index in [1.807, 2.05) is 29.2 Å². The maximum absolute atomic E-state index is 13.1. The third-order valence-corrected chi connectivity index (χ3v) is 8.68. The molecule has 2 aliphatic heterocycles. The van der Waals surface area contributed by atoms with Crippen molar-refractivity contribution < 1.29 is 14.7 Å². The molecule has 6 heteroatoms. The van der Waals surface area contributed by atoms with Gasteiger partial charge in [0.25, 0.3) is 5.91 Å². The van der Waals surface area contributed by atoms with Gasteiger partial charge < -0.3 is 20.2 Å². The van der Waals surface area contributed by atoms with Crippen molar-refractivity contribution in [3.63, 3.8) is 0 Å². The Labute approximate surface area is 178 Å². The smallest absolute Gasteiger partial charge is 0.405 e. The van der Waals surface area contributed by atoms with E-state index in [2.05, 4.69) is 24.1 Å². The molecule has 4 fully saturated rings. The molecule has 2 amide bonds. The highest BCUT2D eigenvalue weighted by molar-refractivity contribution is 6.06. The fraction of sp³-hybridized carbons (Fsp3) is 0.667. The maximum Gasteiger partial charge on any atom is 0.405 e. The molecule has 4 atom stereocenters. The number of rotatable bonds is 4. The summed E-state index contributed by atoms with van der Waals surface area (Å²) in [4.78, 5) is 28.8. The number of piperidine rings is 1. The Kier molecular flexibility index (Phi) is 4.80. The molecule has 30 heavy (non-hydrogen) atoms. The molecule has 0 radical (unpaired) electrons. The molecule has 2 bridgehead atoms. The van der Waals surface area contributed by atoms with E-state index in [9.17, 15) is 14.7 Å². The standard InChI is InChI=1S/C24H33N3O3/c1-24(2)16-8-7-15(19(24)13-16)14-26-11-9-17(10-12-26)27-20-6-4-3-5-18(20)21(22(27)28)25-23(29)30/h3-6,15-17,19,21,25H,7-14H2,1-2H3,(H,29,30)/t15-,16?,19?,21?/m0/s1. The summed E-state index contributed by atoms with van der Waals surface area (Å²) in [5.41, 5.74) is 2.17. The predicted octanol–water partition coefficient (Wildman–Crippen LogP) is 3.88. The first-order chi connectivity index (χ1) is 14.4. The molecule has 1 saturated heterocycles. The van der Waals surface area contributed by atoms with Crippen LogP contribution in [0.3, 0.4) is 0 Å². The van der Waals surface area contributed by atoms with Crippen LogP contribution in [0.25, 0.3) is 0 Å². The van der Waals surface area contributed by atoms with Crippen LogP contribution in [0.4, 0.5) is 10.5 Å². The molecule has 2 heterocycles. The van der Waals surface area contributed by atoms with Crippen LogP contribution in [0.15, 0.2) is 24.3 Å². The predicted molar refractivity (Wildman–Crippen MR) is 115 cm³/mol. The number of benzene rings is 1. The van der Waals surface area contributed by atoms with Gasteiger partial charge in [0.2, 0.25) is 0 Å². The quantitative estimate of drug-likeness (QED) is 0.789. The van der Waals surface area contributed by atoms with E-state index >= 15 is 0 Å². The molecule has 2 N–H and O–H groups in total. The van der Waals surface area contributed by atoms with E-state index < -0.39 is 12.1 Å². The normalized spacial score (nSPS) is 33.1. The summed E-state index contributed by atoms with van der Waals surface area (Å²) >= 11 is 0. The average Bonchev–Trinajstić information content (AvgIpc) is 3.00. The van der Waals surface area contributed by atoms with Gasteiger partial charge in [-0.15, -0.1) is 0 Å². The van der Waals surface area contributed by atoms with Crippen LogP contribution < -0.4 is 10.2 Å². The summed E-state index contributed by atoms with van der Waals surface area (Å²) < 4.78 is 0. The highest BCUT2D eigenvalue weighted by Gasteiger charge is 2.54. The Morgan fingerprint density at radius 2 is 1.90 bits per heavy atom. The van der Waals surface area contributed by atoms with Gasteiger partial charge in [0, 0.05) is 36.9 Å². The molecule has 3 saturated carbocycles. The van der Waals surface area contributed by atoms with Gasteiger partial charge in [0.15, 0.2) is 0 Å². The molecule has 0 aromatic heterocycles. The number of anilines is 1. The number of carbonyl (C=O) groups excluding carboxylic acids is 1. The fourth-order valence-corrected chi connectivity index (χ4v) is 6.85. The van der Waals surface area contributed by atoms with E-state index in [0.717, 1.165) is 54.9 Å². The minimum absolute atomic E-state index is 0.133. The van der Waals surface area contributed by atoms with Crippen LogP contribution in [-0.2, 0) is 4.79 Å². The van der Waals surface area contributed by atoms with Crippen molar-refractivity contribution >= 4 is 17.7 Å². The topological polar surface area (TPSA) is 72.9 Å². The maximum atomic E-state index is 13.1. The number of carboxylic acid groups (broad SMARTS) is 1. The number of hydrogen-bond acceptors (Lipinski definition) is 3. The van der Waals surface area contributed by atoms with Crippen molar-refractivity contribution in [2.45, 2.75) is 58.0 Å². The Hall–Kier alpha value is -2.08. The zero-order valence-corrected chi connectivity index (χ0v) is 18.0. The summed E-state index contributed by atoms with van der Waals surface area (Å²) in [6.07, 6.45) is 4.92. The lowest BCUT2D eigenvalue weighted by molar-refractivity contribution is -0.120. The summed E-state index contributed by atoms with van der Waals surface area (Å²) in [5, 5.41) is 11.6. The largest absolute Gasteiger partial charge is 0.465 e. The van der Waals surface area contributed by atoms with Crippen LogP contribution in [0, 0.1) is 23.2 Å². The summed E-state index contributed by atoms with van der Waals surface area (Å²) in [7, 11) is 0. The summed E-state index contributed by atoms with van der Waals surface area (Å²) in [6.45, 7) is 8.15. The first kappa shape index (κ1) is 19.9. The van der Waals surface area contributed by atoms with E-state index in [1.54, 1.807) is 0 Å². The van der Waals surface area contributed by atoms with Gasteiger partial charge in [0.05, 0.1) is 0 Å². The number of amides is 2. The van der Waals surface area contributed by atoms with Crippen LogP contribution in [0.5, 0.6) is 0 Å². The highest BCUT2D eigenvalue weighted by Crippen LogP contribution is 2.61. The second-order valence-corrected chi connectivity index (χ2v) is 10.4. The second kappa shape index (κ2) is 7.26. The van der Waals surface area contributed by atoms with E-state index in [1.165, 1.54) is 25.8 Å². The molecular formula is C24H33N3O3. The molecule has 3 unspecified atom stereocenters. The van der Waals surface area contributed by atoms with Crippen molar-refractivity contribution in [2.24, 2.45) is 23.2 Å². The number of carbonyl (C=O) groups is 2. The number of likely N-dealkylation sites (tertiary alicyclic amines) is 1. The first-order valence-electron chi connectivity index (χ1n) is 11.5. The number of fused-ring (bicyclic) bond motifs is 3. The van der Waals surface area contributed by atoms with Gasteiger partial charge in [-0.1, -0.05) is 32.0 Å².